The number of unbranched alkanes of at least 4 members (excludes halogenated alkanes) is 2. The molecule has 37 heavy (non-hydrogen) atoms. The predicted molar refractivity (Wildman–Crippen MR) is 147 cm³/mol. The summed E-state index contributed by atoms with van der Waals surface area (Å²) in [4.78, 5) is 29.1. The van der Waals surface area contributed by atoms with Gasteiger partial charge in [0.1, 0.15) is 17.2 Å². The number of aryl methyl sites for hydroxylation is 1. The van der Waals surface area contributed by atoms with Crippen LogP contribution in [0, 0.1) is 6.92 Å². The zero-order chi connectivity index (χ0) is 26.8. The number of carbonyl (C=O) groups excluding carboxylic acids is 2. The zero-order valence-electron chi connectivity index (χ0n) is 20.9. The molecular formula is C24H34Cl2N6O4S. The van der Waals surface area contributed by atoms with E-state index in [0.717, 1.165) is 75.6 Å². The first-order valence-corrected chi connectivity index (χ1v) is 13.8. The number of nitrogens with zero attached hydrogens (tertiary/aromatic N) is 3. The Morgan fingerprint density at radius 3 is 2.49 bits per heavy atom. The smallest absolute Gasteiger partial charge is 0.319 e. The molecule has 0 atom stereocenters. The number of urea groups is 1. The van der Waals surface area contributed by atoms with Crippen molar-refractivity contribution in [2.45, 2.75) is 32.8 Å². The fourth-order valence-corrected chi connectivity index (χ4v) is 5.17. The van der Waals surface area contributed by atoms with E-state index in [1.54, 1.807) is 6.07 Å². The Bertz CT molecular complexity index is 1060. The molecule has 13 heteroatoms. The number of halogens is 2. The Morgan fingerprint density at radius 2 is 1.81 bits per heavy atom. The summed E-state index contributed by atoms with van der Waals surface area (Å²) in [6, 6.07) is 3.17. The number of anilines is 1. The lowest BCUT2D eigenvalue weighted by molar-refractivity contribution is 0.0996. The highest BCUT2D eigenvalue weighted by Crippen LogP contribution is 2.33. The molecule has 204 valence electrons. The molecular weight excluding hydrogens is 539 g/mol. The van der Waals surface area contributed by atoms with Gasteiger partial charge in [-0.2, -0.15) is 4.37 Å². The fourth-order valence-electron chi connectivity index (χ4n) is 3.98. The molecule has 1 aliphatic rings. The molecule has 0 aliphatic carbocycles. The van der Waals surface area contributed by atoms with Gasteiger partial charge in [0.05, 0.1) is 16.7 Å². The zero-order valence-corrected chi connectivity index (χ0v) is 23.2. The number of aliphatic hydroxyl groups is 1. The minimum Gasteiger partial charge on any atom is -0.472 e. The third kappa shape index (κ3) is 8.69. The molecule has 0 spiro atoms. The van der Waals surface area contributed by atoms with Gasteiger partial charge in [-0.05, 0) is 43.4 Å². The maximum atomic E-state index is 12.4. The Hall–Kier alpha value is -2.15. The van der Waals surface area contributed by atoms with Gasteiger partial charge in [0.25, 0.3) is 5.91 Å². The number of hydrogen-bond donors (Lipinski definition) is 4. The van der Waals surface area contributed by atoms with Crippen molar-refractivity contribution >= 4 is 51.7 Å². The molecule has 1 aliphatic heterocycles. The second-order valence-corrected chi connectivity index (χ2v) is 10.4. The van der Waals surface area contributed by atoms with Crippen molar-refractivity contribution in [2.75, 3.05) is 57.7 Å². The second kappa shape index (κ2) is 14.7. The van der Waals surface area contributed by atoms with Crippen LogP contribution in [0.15, 0.2) is 12.1 Å². The van der Waals surface area contributed by atoms with Crippen LogP contribution in [0.3, 0.4) is 0 Å². The molecule has 0 bridgehead atoms. The summed E-state index contributed by atoms with van der Waals surface area (Å²) in [6.45, 7) is 8.41. The number of piperazine rings is 1. The first-order chi connectivity index (χ1) is 17.8. The number of aliphatic hydroxyl groups excluding tert-OH is 1. The van der Waals surface area contributed by atoms with Crippen molar-refractivity contribution < 1.29 is 19.4 Å². The quantitative estimate of drug-likeness (QED) is 0.270. The van der Waals surface area contributed by atoms with E-state index >= 15 is 0 Å². The van der Waals surface area contributed by atoms with Crippen molar-refractivity contribution in [3.05, 3.63) is 38.9 Å². The first kappa shape index (κ1) is 29.4. The molecule has 3 rings (SSSR count). The molecule has 0 unspecified atom stereocenters. The van der Waals surface area contributed by atoms with Crippen molar-refractivity contribution in [1.29, 1.82) is 0 Å². The summed E-state index contributed by atoms with van der Waals surface area (Å²) in [5.74, 6) is -0.734. The molecule has 2 heterocycles. The van der Waals surface area contributed by atoms with Crippen molar-refractivity contribution in [2.24, 2.45) is 5.73 Å². The van der Waals surface area contributed by atoms with Crippen molar-refractivity contribution in [1.82, 2.24) is 19.5 Å². The molecule has 1 aromatic carbocycles. The van der Waals surface area contributed by atoms with Crippen molar-refractivity contribution in [3.63, 3.8) is 0 Å². The number of hydrogen-bond acceptors (Lipinski definition) is 8. The van der Waals surface area contributed by atoms with Gasteiger partial charge in [-0.3, -0.25) is 15.0 Å². The van der Waals surface area contributed by atoms with E-state index < -0.39 is 11.9 Å². The second-order valence-electron chi connectivity index (χ2n) is 8.86. The standard InChI is InChI=1S/C24H34Cl2N6O4S/c1-16-5-6-17(20(26)19(16)25)15-36-22-18(21(27)34)23(37-30-22)29-24(35)28-7-3-2-4-8-31-9-11-32(12-10-31)13-14-33/h5-6,33H,2-4,7-15H2,1H3,(H2,27,34)(H2,28,29,35). The highest BCUT2D eigenvalue weighted by Gasteiger charge is 2.22. The average Bonchev–Trinajstić information content (AvgIpc) is 3.28. The molecule has 1 fully saturated rings. The Labute approximate surface area is 231 Å². The largest absolute Gasteiger partial charge is 0.472 e. The molecule has 10 nitrogen and oxygen atoms in total. The molecule has 3 amide bonds. The number of primary amides is 1. The number of β-amino-alcohol motifs (C(OH)–C–C–N with tert-alkyl or cyclic N) is 1. The average molecular weight is 574 g/mol. The number of nitrogens with one attached hydrogen (secondary N) is 2. The lowest BCUT2D eigenvalue weighted by Gasteiger charge is -2.34. The van der Waals surface area contributed by atoms with Gasteiger partial charge < -0.3 is 25.8 Å². The number of nitrogens with two attached hydrogens (primary N) is 1. The predicted octanol–water partition coefficient (Wildman–Crippen LogP) is 3.34. The number of carbonyl (C=O) groups is 2. The van der Waals surface area contributed by atoms with Crippen LogP contribution < -0.4 is 21.1 Å². The van der Waals surface area contributed by atoms with Crippen LogP contribution in [0.25, 0.3) is 0 Å². The number of aromatic nitrogens is 1. The van der Waals surface area contributed by atoms with E-state index in [9.17, 15) is 9.59 Å². The first-order valence-electron chi connectivity index (χ1n) is 12.3. The highest BCUT2D eigenvalue weighted by molar-refractivity contribution is 7.11. The number of ether oxygens (including phenoxy) is 1. The van der Waals surface area contributed by atoms with Gasteiger partial charge >= 0.3 is 6.03 Å². The fraction of sp³-hybridized carbons (Fsp3) is 0.542. The molecule has 0 radical (unpaired) electrons. The van der Waals surface area contributed by atoms with Gasteiger partial charge in [0, 0.05) is 44.8 Å². The van der Waals surface area contributed by atoms with Gasteiger partial charge in [0.15, 0.2) is 0 Å². The minimum atomic E-state index is -0.760. The van der Waals surface area contributed by atoms with Gasteiger partial charge in [-0.1, -0.05) is 41.8 Å². The van der Waals surface area contributed by atoms with Gasteiger partial charge in [-0.15, -0.1) is 0 Å². The van der Waals surface area contributed by atoms with E-state index in [1.165, 1.54) is 0 Å². The number of rotatable bonds is 13. The maximum absolute atomic E-state index is 12.4. The van der Waals surface area contributed by atoms with E-state index in [4.69, 9.17) is 38.8 Å². The lowest BCUT2D eigenvalue weighted by Crippen LogP contribution is -2.47. The Kier molecular flexibility index (Phi) is 11.7. The van der Waals surface area contributed by atoms with Gasteiger partial charge in [-0.25, -0.2) is 4.79 Å². The summed E-state index contributed by atoms with van der Waals surface area (Å²) >= 11 is 13.4. The van der Waals surface area contributed by atoms with E-state index in [0.29, 0.717) is 22.2 Å². The Morgan fingerprint density at radius 1 is 1.11 bits per heavy atom. The van der Waals surface area contributed by atoms with Crippen LogP contribution in [0.4, 0.5) is 9.80 Å². The number of benzene rings is 1. The summed E-state index contributed by atoms with van der Waals surface area (Å²) in [7, 11) is 0. The lowest BCUT2D eigenvalue weighted by atomic mass is 10.1. The topological polar surface area (TPSA) is 133 Å². The minimum absolute atomic E-state index is 0.00793. The van der Waals surface area contributed by atoms with Crippen LogP contribution in [-0.2, 0) is 6.61 Å². The van der Waals surface area contributed by atoms with Crippen molar-refractivity contribution in [3.8, 4) is 5.88 Å². The monoisotopic (exact) mass is 572 g/mol. The van der Waals surface area contributed by atoms with E-state index in [-0.39, 0.29) is 29.7 Å². The summed E-state index contributed by atoms with van der Waals surface area (Å²) in [6.07, 6.45) is 2.90. The number of amides is 3. The van der Waals surface area contributed by atoms with Crippen LogP contribution in [0.1, 0.15) is 40.7 Å². The highest BCUT2D eigenvalue weighted by atomic mass is 35.5. The summed E-state index contributed by atoms with van der Waals surface area (Å²) in [5, 5.41) is 15.5. The molecule has 1 aromatic heterocycles. The van der Waals surface area contributed by atoms with Crippen LogP contribution in [0.2, 0.25) is 10.0 Å². The Balaban J connectivity index is 1.39. The van der Waals surface area contributed by atoms with E-state index in [2.05, 4.69) is 24.8 Å². The normalized spacial score (nSPS) is 14.5. The SMILES string of the molecule is Cc1ccc(COc2nsc(NC(=O)NCCCCCN3CCN(CCO)CC3)c2C(N)=O)c(Cl)c1Cl. The third-order valence-corrected chi connectivity index (χ3v) is 7.93. The van der Waals surface area contributed by atoms with Crippen LogP contribution >= 0.6 is 34.7 Å². The summed E-state index contributed by atoms with van der Waals surface area (Å²) < 4.78 is 9.82. The molecule has 0 saturated carbocycles. The molecule has 1 saturated heterocycles. The molecule has 5 N–H and O–H groups in total. The molecule has 2 aromatic rings. The maximum Gasteiger partial charge on any atom is 0.319 e. The summed E-state index contributed by atoms with van der Waals surface area (Å²) in [5.41, 5.74) is 7.01. The van der Waals surface area contributed by atoms with E-state index in [1.807, 2.05) is 13.0 Å². The van der Waals surface area contributed by atoms with Crippen LogP contribution in [0.5, 0.6) is 5.88 Å². The van der Waals surface area contributed by atoms with Crippen LogP contribution in [-0.4, -0.2) is 83.6 Å². The third-order valence-electron chi connectivity index (χ3n) is 6.17. The van der Waals surface area contributed by atoms with Gasteiger partial charge in [0.2, 0.25) is 5.88 Å².